The third-order valence-corrected chi connectivity index (χ3v) is 5.34. The van der Waals surface area contributed by atoms with Gasteiger partial charge in [0.05, 0.1) is 6.42 Å². The van der Waals surface area contributed by atoms with Gasteiger partial charge in [-0.3, -0.25) is 4.79 Å². The van der Waals surface area contributed by atoms with Crippen molar-refractivity contribution in [2.75, 3.05) is 7.05 Å². The average Bonchev–Trinajstić information content (AvgIpc) is 3.16. The number of likely N-dealkylation sites (N-methyl/N-ethyl adjacent to an activating group) is 1. The molecule has 2 aromatic carbocycles. The maximum atomic E-state index is 12.9. The van der Waals surface area contributed by atoms with Crippen LogP contribution >= 0.6 is 0 Å². The molecule has 4 aromatic rings. The van der Waals surface area contributed by atoms with E-state index in [1.165, 1.54) is 0 Å². The molecular formula is C24H25N5O. The monoisotopic (exact) mass is 399 g/mol. The molecule has 0 radical (unpaired) electrons. The molecule has 0 unspecified atom stereocenters. The van der Waals surface area contributed by atoms with Gasteiger partial charge in [0.2, 0.25) is 5.91 Å². The van der Waals surface area contributed by atoms with Crippen molar-refractivity contribution in [1.82, 2.24) is 24.5 Å². The van der Waals surface area contributed by atoms with Gasteiger partial charge in [0.25, 0.3) is 5.78 Å². The highest BCUT2D eigenvalue weighted by atomic mass is 16.2. The van der Waals surface area contributed by atoms with Crippen molar-refractivity contribution in [2.45, 2.75) is 33.7 Å². The Morgan fingerprint density at radius 2 is 1.77 bits per heavy atom. The van der Waals surface area contributed by atoms with Gasteiger partial charge in [-0.05, 0) is 32.4 Å². The lowest BCUT2D eigenvalue weighted by atomic mass is 10.1. The van der Waals surface area contributed by atoms with Crippen LogP contribution in [-0.4, -0.2) is 37.4 Å². The average molecular weight is 399 g/mol. The van der Waals surface area contributed by atoms with E-state index in [1.54, 1.807) is 9.42 Å². The van der Waals surface area contributed by atoms with Gasteiger partial charge < -0.3 is 4.90 Å². The van der Waals surface area contributed by atoms with Crippen LogP contribution in [-0.2, 0) is 17.8 Å². The molecule has 2 heterocycles. The van der Waals surface area contributed by atoms with Gasteiger partial charge in [0.1, 0.15) is 0 Å². The third-order valence-electron chi connectivity index (χ3n) is 5.34. The van der Waals surface area contributed by atoms with E-state index in [0.717, 1.165) is 33.6 Å². The number of nitrogens with zero attached hydrogens (tertiary/aromatic N) is 5. The van der Waals surface area contributed by atoms with Crippen LogP contribution in [0.3, 0.4) is 0 Å². The number of amides is 1. The van der Waals surface area contributed by atoms with Crippen molar-refractivity contribution in [3.8, 4) is 11.4 Å². The Kier molecular flexibility index (Phi) is 5.31. The van der Waals surface area contributed by atoms with Crippen LogP contribution in [0.1, 0.15) is 28.1 Å². The van der Waals surface area contributed by atoms with Crippen LogP contribution in [0, 0.1) is 20.8 Å². The summed E-state index contributed by atoms with van der Waals surface area (Å²) in [6.07, 6.45) is 0.281. The van der Waals surface area contributed by atoms with Crippen molar-refractivity contribution >= 4 is 11.7 Å². The van der Waals surface area contributed by atoms with Crippen molar-refractivity contribution in [1.29, 1.82) is 0 Å². The van der Waals surface area contributed by atoms with Gasteiger partial charge in [-0.15, -0.1) is 5.10 Å². The van der Waals surface area contributed by atoms with Gasteiger partial charge >= 0.3 is 0 Å². The zero-order valence-corrected chi connectivity index (χ0v) is 17.8. The second-order valence-electron chi connectivity index (χ2n) is 7.69. The summed E-state index contributed by atoms with van der Waals surface area (Å²) < 4.78 is 1.74. The fourth-order valence-electron chi connectivity index (χ4n) is 3.60. The van der Waals surface area contributed by atoms with E-state index in [2.05, 4.69) is 21.1 Å². The lowest BCUT2D eigenvalue weighted by Crippen LogP contribution is -2.28. The third kappa shape index (κ3) is 3.94. The fraction of sp³-hybridized carbons (Fsp3) is 0.250. The number of carbonyl (C=O) groups is 1. The molecule has 152 valence electrons. The Morgan fingerprint density at radius 1 is 1.00 bits per heavy atom. The van der Waals surface area contributed by atoms with E-state index in [9.17, 15) is 4.79 Å². The van der Waals surface area contributed by atoms with Crippen LogP contribution in [0.15, 0.2) is 54.6 Å². The summed E-state index contributed by atoms with van der Waals surface area (Å²) in [4.78, 5) is 23.8. The number of hydrogen-bond acceptors (Lipinski definition) is 4. The van der Waals surface area contributed by atoms with Gasteiger partial charge in [-0.1, -0.05) is 54.1 Å². The maximum Gasteiger partial charge on any atom is 0.253 e. The predicted molar refractivity (Wildman–Crippen MR) is 117 cm³/mol. The lowest BCUT2D eigenvalue weighted by Gasteiger charge is -2.18. The molecule has 0 atom stereocenters. The topological polar surface area (TPSA) is 63.4 Å². The number of hydrogen-bond donors (Lipinski definition) is 0. The molecule has 0 N–H and O–H groups in total. The van der Waals surface area contributed by atoms with E-state index in [-0.39, 0.29) is 12.3 Å². The first-order valence-corrected chi connectivity index (χ1v) is 10.00. The summed E-state index contributed by atoms with van der Waals surface area (Å²) in [6.45, 7) is 6.51. The molecule has 1 amide bonds. The van der Waals surface area contributed by atoms with Gasteiger partial charge in [0.15, 0.2) is 5.82 Å². The number of aryl methyl sites for hydroxylation is 3. The van der Waals surface area contributed by atoms with Crippen LogP contribution in [0.2, 0.25) is 0 Å². The van der Waals surface area contributed by atoms with Crippen molar-refractivity contribution in [2.24, 2.45) is 0 Å². The Morgan fingerprint density at radius 3 is 2.50 bits per heavy atom. The first-order chi connectivity index (χ1) is 14.4. The van der Waals surface area contributed by atoms with Crippen molar-refractivity contribution < 1.29 is 4.79 Å². The number of rotatable bonds is 5. The Labute approximate surface area is 176 Å². The molecule has 0 saturated heterocycles. The molecule has 0 bridgehead atoms. The molecular weight excluding hydrogens is 374 g/mol. The van der Waals surface area contributed by atoms with Crippen molar-refractivity contribution in [3.63, 3.8) is 0 Å². The molecule has 0 aliphatic rings. The smallest absolute Gasteiger partial charge is 0.253 e. The normalized spacial score (nSPS) is 11.1. The molecule has 30 heavy (non-hydrogen) atoms. The Bertz CT molecular complexity index is 1210. The van der Waals surface area contributed by atoms with Crippen LogP contribution in [0.4, 0.5) is 0 Å². The van der Waals surface area contributed by atoms with Gasteiger partial charge in [-0.2, -0.15) is 4.98 Å². The summed E-state index contributed by atoms with van der Waals surface area (Å²) in [5.74, 6) is 1.24. The molecule has 0 fully saturated rings. The molecule has 6 nitrogen and oxygen atoms in total. The van der Waals surface area contributed by atoms with Gasteiger partial charge in [-0.25, -0.2) is 9.50 Å². The number of benzene rings is 2. The molecule has 0 spiro atoms. The molecule has 0 aliphatic carbocycles. The zero-order chi connectivity index (χ0) is 21.3. The van der Waals surface area contributed by atoms with Crippen LogP contribution in [0.25, 0.3) is 17.2 Å². The summed E-state index contributed by atoms with van der Waals surface area (Å²) in [6, 6.07) is 18.1. The second kappa shape index (κ2) is 8.06. The van der Waals surface area contributed by atoms with E-state index in [1.807, 2.05) is 76.3 Å². The van der Waals surface area contributed by atoms with Crippen LogP contribution in [0.5, 0.6) is 0 Å². The molecule has 2 aromatic heterocycles. The summed E-state index contributed by atoms with van der Waals surface area (Å²) in [5.41, 5.74) is 5.82. The highest BCUT2D eigenvalue weighted by Gasteiger charge is 2.18. The number of aromatic nitrogens is 4. The minimum absolute atomic E-state index is 0.0465. The van der Waals surface area contributed by atoms with E-state index < -0.39 is 0 Å². The first kappa shape index (κ1) is 19.8. The predicted octanol–water partition coefficient (Wildman–Crippen LogP) is 3.92. The summed E-state index contributed by atoms with van der Waals surface area (Å²) >= 11 is 0. The Hall–Kier alpha value is -3.54. The highest BCUT2D eigenvalue weighted by molar-refractivity contribution is 5.79. The second-order valence-corrected chi connectivity index (χ2v) is 7.69. The van der Waals surface area contributed by atoms with Crippen LogP contribution < -0.4 is 0 Å². The van der Waals surface area contributed by atoms with Gasteiger partial charge in [0, 0.05) is 36.1 Å². The molecule has 0 saturated carbocycles. The highest BCUT2D eigenvalue weighted by Crippen LogP contribution is 2.20. The maximum absolute atomic E-state index is 12.9. The molecule has 6 heteroatoms. The molecule has 0 aliphatic heterocycles. The largest absolute Gasteiger partial charge is 0.341 e. The van der Waals surface area contributed by atoms with Crippen molar-refractivity contribution in [3.05, 3.63) is 82.7 Å². The standard InChI is InChI=1S/C24H25N5O/c1-16-9-8-12-20(13-16)23-26-24-25-17(2)21(18(3)29(24)27-23)14-22(30)28(4)15-19-10-6-5-7-11-19/h5-13H,14-15H2,1-4H3. The SMILES string of the molecule is Cc1cccc(-c2nc3nc(C)c(CC(=O)N(C)Cc4ccccc4)c(C)n3n2)c1. The fourth-order valence-corrected chi connectivity index (χ4v) is 3.60. The van der Waals surface area contributed by atoms with E-state index >= 15 is 0 Å². The zero-order valence-electron chi connectivity index (χ0n) is 17.8. The Balaban J connectivity index is 1.62. The summed E-state index contributed by atoms with van der Waals surface area (Å²) in [7, 11) is 1.83. The number of carbonyl (C=O) groups excluding carboxylic acids is 1. The lowest BCUT2D eigenvalue weighted by molar-refractivity contribution is -0.129. The quantitative estimate of drug-likeness (QED) is 0.510. The van der Waals surface area contributed by atoms with E-state index in [4.69, 9.17) is 0 Å². The number of fused-ring (bicyclic) bond motifs is 1. The minimum atomic E-state index is 0.0465. The first-order valence-electron chi connectivity index (χ1n) is 10.00. The molecule has 4 rings (SSSR count). The summed E-state index contributed by atoms with van der Waals surface area (Å²) in [5, 5.41) is 4.66. The minimum Gasteiger partial charge on any atom is -0.341 e. The van der Waals surface area contributed by atoms with E-state index in [0.29, 0.717) is 18.1 Å².